The number of rotatable bonds is 4. The second-order valence-corrected chi connectivity index (χ2v) is 6.81. The van der Waals surface area contributed by atoms with Crippen LogP contribution in [0.3, 0.4) is 0 Å². The van der Waals surface area contributed by atoms with Crippen LogP contribution in [0, 0.1) is 0 Å². The van der Waals surface area contributed by atoms with E-state index in [0.717, 1.165) is 5.76 Å². The van der Waals surface area contributed by atoms with Crippen molar-refractivity contribution in [3.63, 3.8) is 0 Å². The van der Waals surface area contributed by atoms with Crippen molar-refractivity contribution in [1.82, 2.24) is 19.4 Å². The normalized spacial score (nSPS) is 18.1. The second kappa shape index (κ2) is 5.51. The van der Waals surface area contributed by atoms with Crippen LogP contribution in [0.15, 0.2) is 33.9 Å². The predicted octanol–water partition coefficient (Wildman–Crippen LogP) is 0.0914. The molecule has 0 aromatic carbocycles. The third kappa shape index (κ3) is 2.80. The molecular weight excluding hydrogens is 294 g/mol. The molecule has 1 saturated heterocycles. The van der Waals surface area contributed by atoms with Gasteiger partial charge in [0.25, 0.3) is 0 Å². The van der Waals surface area contributed by atoms with Gasteiger partial charge in [0.15, 0.2) is 0 Å². The first-order valence-corrected chi connectivity index (χ1v) is 8.05. The zero-order valence-electron chi connectivity index (χ0n) is 11.4. The van der Waals surface area contributed by atoms with E-state index in [0.29, 0.717) is 32.7 Å². The van der Waals surface area contributed by atoms with Crippen molar-refractivity contribution in [1.29, 1.82) is 0 Å². The number of nitrogens with two attached hydrogens (primary N) is 1. The van der Waals surface area contributed by atoms with E-state index in [1.807, 2.05) is 12.1 Å². The lowest BCUT2D eigenvalue weighted by Crippen LogP contribution is -2.48. The Balaban J connectivity index is 1.64. The second-order valence-electron chi connectivity index (χ2n) is 4.91. The Hall–Kier alpha value is -1.84. The quantitative estimate of drug-likeness (QED) is 0.828. The van der Waals surface area contributed by atoms with Crippen LogP contribution < -0.4 is 5.73 Å². The van der Waals surface area contributed by atoms with Crippen LogP contribution in [-0.4, -0.2) is 54.0 Å². The molecule has 0 radical (unpaired) electrons. The number of aromatic nitrogens is 2. The van der Waals surface area contributed by atoms with Crippen LogP contribution in [0.5, 0.6) is 0 Å². The summed E-state index contributed by atoms with van der Waals surface area (Å²) in [5.74, 6) is 0.957. The van der Waals surface area contributed by atoms with E-state index in [1.165, 1.54) is 10.5 Å². The highest BCUT2D eigenvalue weighted by molar-refractivity contribution is 7.89. The van der Waals surface area contributed by atoms with Crippen molar-refractivity contribution in [2.75, 3.05) is 31.9 Å². The third-order valence-corrected chi connectivity index (χ3v) is 5.47. The minimum Gasteiger partial charge on any atom is -0.468 e. The molecule has 9 heteroatoms. The van der Waals surface area contributed by atoms with E-state index < -0.39 is 10.0 Å². The highest BCUT2D eigenvalue weighted by atomic mass is 32.2. The monoisotopic (exact) mass is 311 g/mol. The van der Waals surface area contributed by atoms with Gasteiger partial charge in [0.2, 0.25) is 10.0 Å². The van der Waals surface area contributed by atoms with Gasteiger partial charge < -0.3 is 10.2 Å². The highest BCUT2D eigenvalue weighted by Gasteiger charge is 2.31. The number of furan rings is 1. The first kappa shape index (κ1) is 14.1. The molecule has 3 N–H and O–H groups in total. The van der Waals surface area contributed by atoms with Crippen molar-refractivity contribution >= 4 is 15.8 Å². The number of nitrogens with zero attached hydrogens (tertiary/aromatic N) is 3. The zero-order valence-corrected chi connectivity index (χ0v) is 12.2. The maximum absolute atomic E-state index is 12.4. The highest BCUT2D eigenvalue weighted by Crippen LogP contribution is 2.21. The van der Waals surface area contributed by atoms with Gasteiger partial charge in [-0.25, -0.2) is 8.42 Å². The first-order valence-electron chi connectivity index (χ1n) is 6.61. The topological polar surface area (TPSA) is 108 Å². The van der Waals surface area contributed by atoms with Gasteiger partial charge in [-0.05, 0) is 12.1 Å². The summed E-state index contributed by atoms with van der Waals surface area (Å²) in [5.41, 5.74) is 5.60. The Morgan fingerprint density at radius 1 is 1.33 bits per heavy atom. The van der Waals surface area contributed by atoms with Gasteiger partial charge in [-0.1, -0.05) is 0 Å². The van der Waals surface area contributed by atoms with Crippen LogP contribution in [0.4, 0.5) is 5.82 Å². The van der Waals surface area contributed by atoms with Gasteiger partial charge in [0.1, 0.15) is 16.5 Å². The van der Waals surface area contributed by atoms with Gasteiger partial charge in [-0.3, -0.25) is 10.00 Å². The molecule has 0 spiro atoms. The molecule has 0 bridgehead atoms. The molecule has 0 unspecified atom stereocenters. The maximum atomic E-state index is 12.4. The standard InChI is InChI=1S/C12H17N5O3S/c13-12-11(8-14-15-12)21(18,19)17-5-3-16(4-6-17)9-10-2-1-7-20-10/h1-2,7-8H,3-6,9H2,(H3,13,14,15). The predicted molar refractivity (Wildman–Crippen MR) is 75.7 cm³/mol. The Morgan fingerprint density at radius 2 is 2.10 bits per heavy atom. The van der Waals surface area contributed by atoms with E-state index in [1.54, 1.807) is 6.26 Å². The number of nitrogens with one attached hydrogen (secondary N) is 1. The Morgan fingerprint density at radius 3 is 2.67 bits per heavy atom. The van der Waals surface area contributed by atoms with Crippen molar-refractivity contribution in [2.45, 2.75) is 11.4 Å². The van der Waals surface area contributed by atoms with E-state index in [-0.39, 0.29) is 10.7 Å². The molecular formula is C12H17N5O3S. The molecule has 3 rings (SSSR count). The Kier molecular flexibility index (Phi) is 3.70. The molecule has 114 valence electrons. The van der Waals surface area contributed by atoms with Gasteiger partial charge in [0.05, 0.1) is 19.0 Å². The van der Waals surface area contributed by atoms with Gasteiger partial charge >= 0.3 is 0 Å². The van der Waals surface area contributed by atoms with Crippen molar-refractivity contribution in [2.24, 2.45) is 0 Å². The summed E-state index contributed by atoms with van der Waals surface area (Å²) >= 11 is 0. The maximum Gasteiger partial charge on any atom is 0.248 e. The van der Waals surface area contributed by atoms with Crippen LogP contribution >= 0.6 is 0 Å². The smallest absolute Gasteiger partial charge is 0.248 e. The number of aromatic amines is 1. The number of hydrogen-bond donors (Lipinski definition) is 2. The summed E-state index contributed by atoms with van der Waals surface area (Å²) in [6.45, 7) is 2.84. The van der Waals surface area contributed by atoms with Crippen molar-refractivity contribution in [3.05, 3.63) is 30.4 Å². The molecule has 0 atom stereocenters. The SMILES string of the molecule is Nc1[nH]ncc1S(=O)(=O)N1CCN(Cc2ccco2)CC1. The number of H-pyrrole nitrogens is 1. The van der Waals surface area contributed by atoms with E-state index in [9.17, 15) is 8.42 Å². The van der Waals surface area contributed by atoms with Crippen LogP contribution in [0.25, 0.3) is 0 Å². The molecule has 2 aromatic heterocycles. The van der Waals surface area contributed by atoms with E-state index in [4.69, 9.17) is 10.2 Å². The molecule has 1 aliphatic heterocycles. The fraction of sp³-hybridized carbons (Fsp3) is 0.417. The molecule has 0 aliphatic carbocycles. The summed E-state index contributed by atoms with van der Waals surface area (Å²) in [6, 6.07) is 3.76. The number of sulfonamides is 1. The summed E-state index contributed by atoms with van der Waals surface area (Å²) in [7, 11) is -3.57. The third-order valence-electron chi connectivity index (χ3n) is 3.54. The fourth-order valence-electron chi connectivity index (χ4n) is 2.38. The Bertz CT molecular complexity index is 686. The first-order chi connectivity index (χ1) is 10.1. The lowest BCUT2D eigenvalue weighted by molar-refractivity contribution is 0.171. The Labute approximate surface area is 122 Å². The molecule has 3 heterocycles. The zero-order chi connectivity index (χ0) is 14.9. The summed E-state index contributed by atoms with van der Waals surface area (Å²) < 4.78 is 31.6. The van der Waals surface area contributed by atoms with Crippen molar-refractivity contribution < 1.29 is 12.8 Å². The summed E-state index contributed by atoms with van der Waals surface area (Å²) in [5, 5.41) is 6.12. The largest absolute Gasteiger partial charge is 0.468 e. The molecule has 1 aliphatic rings. The number of anilines is 1. The van der Waals surface area contributed by atoms with E-state index >= 15 is 0 Å². The number of nitrogen functional groups attached to an aromatic ring is 1. The minimum absolute atomic E-state index is 0.0435. The molecule has 21 heavy (non-hydrogen) atoms. The molecule has 0 amide bonds. The van der Waals surface area contributed by atoms with Crippen molar-refractivity contribution in [3.8, 4) is 0 Å². The van der Waals surface area contributed by atoms with Gasteiger partial charge in [-0.2, -0.15) is 9.40 Å². The molecule has 0 saturated carbocycles. The number of piperazine rings is 1. The average molecular weight is 311 g/mol. The van der Waals surface area contributed by atoms with Gasteiger partial charge in [0, 0.05) is 26.2 Å². The van der Waals surface area contributed by atoms with Gasteiger partial charge in [-0.15, -0.1) is 0 Å². The number of hydrogen-bond acceptors (Lipinski definition) is 6. The average Bonchev–Trinajstić information content (AvgIpc) is 3.11. The van der Waals surface area contributed by atoms with Crippen LogP contribution in [-0.2, 0) is 16.6 Å². The molecule has 1 fully saturated rings. The van der Waals surface area contributed by atoms with Crippen LogP contribution in [0.2, 0.25) is 0 Å². The molecule has 8 nitrogen and oxygen atoms in total. The summed E-state index contributed by atoms with van der Waals surface area (Å²) in [6.07, 6.45) is 2.89. The van der Waals surface area contributed by atoms with E-state index in [2.05, 4.69) is 15.1 Å². The minimum atomic E-state index is -3.57. The van der Waals surface area contributed by atoms with Crippen LogP contribution in [0.1, 0.15) is 5.76 Å². The molecule has 2 aromatic rings. The fourth-order valence-corrected chi connectivity index (χ4v) is 3.81. The lowest BCUT2D eigenvalue weighted by atomic mass is 10.3. The summed E-state index contributed by atoms with van der Waals surface area (Å²) in [4.78, 5) is 2.20. The lowest BCUT2D eigenvalue weighted by Gasteiger charge is -2.33.